The molecule has 1 atom stereocenters. The van der Waals surface area contributed by atoms with Gasteiger partial charge in [0.2, 0.25) is 5.91 Å². The highest BCUT2D eigenvalue weighted by Crippen LogP contribution is 2.41. The number of carbonyl (C=O) groups excluding carboxylic acids is 1. The van der Waals surface area contributed by atoms with Crippen LogP contribution in [0.4, 0.5) is 0 Å². The lowest BCUT2D eigenvalue weighted by Gasteiger charge is -2.32. The van der Waals surface area contributed by atoms with Gasteiger partial charge in [-0.25, -0.2) is 0 Å². The van der Waals surface area contributed by atoms with E-state index in [2.05, 4.69) is 31.0 Å². The summed E-state index contributed by atoms with van der Waals surface area (Å²) in [5, 5.41) is 2.10. The third-order valence-corrected chi connectivity index (χ3v) is 5.81. The van der Waals surface area contributed by atoms with Crippen LogP contribution >= 0.6 is 34.3 Å². The monoisotopic (exact) mass is 323 g/mol. The highest BCUT2D eigenvalue weighted by Gasteiger charge is 2.31. The van der Waals surface area contributed by atoms with Gasteiger partial charge in [0.05, 0.1) is 10.9 Å². The molecule has 0 N–H and O–H groups in total. The van der Waals surface area contributed by atoms with E-state index in [0.29, 0.717) is 13.1 Å². The molecule has 1 amide bonds. The summed E-state index contributed by atoms with van der Waals surface area (Å²) in [6.07, 6.45) is 1.39. The lowest BCUT2D eigenvalue weighted by Crippen LogP contribution is -2.36. The van der Waals surface area contributed by atoms with E-state index in [4.69, 9.17) is 11.6 Å². The molecule has 0 radical (unpaired) electrons. The molecule has 1 aliphatic rings. The van der Waals surface area contributed by atoms with E-state index in [9.17, 15) is 4.79 Å². The number of rotatable bonds is 2. The summed E-state index contributed by atoms with van der Waals surface area (Å²) in [7, 11) is 0. The van der Waals surface area contributed by atoms with Gasteiger partial charge < -0.3 is 4.90 Å². The maximum absolute atomic E-state index is 12.0. The van der Waals surface area contributed by atoms with Gasteiger partial charge in [0.15, 0.2) is 0 Å². The Kier molecular flexibility index (Phi) is 3.71. The zero-order valence-electron chi connectivity index (χ0n) is 11.1. The van der Waals surface area contributed by atoms with Crippen LogP contribution in [0.1, 0.15) is 26.8 Å². The third kappa shape index (κ3) is 2.32. The fraction of sp³-hybridized carbons (Fsp3) is 0.267. The van der Waals surface area contributed by atoms with Crippen LogP contribution in [0, 0.1) is 6.92 Å². The van der Waals surface area contributed by atoms with E-state index < -0.39 is 0 Å². The first-order valence-electron chi connectivity index (χ1n) is 6.33. The summed E-state index contributed by atoms with van der Waals surface area (Å²) in [5.74, 6) is 0.204. The second-order valence-corrected chi connectivity index (χ2v) is 7.72. The third-order valence-electron chi connectivity index (χ3n) is 3.69. The zero-order chi connectivity index (χ0) is 14.3. The molecule has 0 saturated carbocycles. The van der Waals surface area contributed by atoms with Gasteiger partial charge in [-0.05, 0) is 41.6 Å². The van der Waals surface area contributed by atoms with E-state index >= 15 is 0 Å². The zero-order valence-corrected chi connectivity index (χ0v) is 13.4. The van der Waals surface area contributed by atoms with Crippen LogP contribution in [-0.4, -0.2) is 17.4 Å². The minimum atomic E-state index is -0.0157. The van der Waals surface area contributed by atoms with Crippen molar-refractivity contribution in [3.05, 3.63) is 55.4 Å². The van der Waals surface area contributed by atoms with Crippen molar-refractivity contribution in [3.8, 4) is 0 Å². The molecule has 0 saturated heterocycles. The Morgan fingerprint density at radius 2 is 2.35 bits per heavy atom. The van der Waals surface area contributed by atoms with E-state index in [1.54, 1.807) is 22.7 Å². The minimum Gasteiger partial charge on any atom is -0.333 e. The largest absolute Gasteiger partial charge is 0.333 e. The second-order valence-electron chi connectivity index (χ2n) is 4.84. The number of hydrogen-bond acceptors (Lipinski definition) is 3. The first kappa shape index (κ1) is 13.9. The molecule has 2 aromatic heterocycles. The molecule has 3 rings (SSSR count). The van der Waals surface area contributed by atoms with E-state index in [-0.39, 0.29) is 11.8 Å². The first-order chi connectivity index (χ1) is 9.60. The Morgan fingerprint density at radius 1 is 1.55 bits per heavy atom. The molecular formula is C15H14ClNOS2. The van der Waals surface area contributed by atoms with Crippen molar-refractivity contribution < 1.29 is 4.79 Å². The average molecular weight is 324 g/mol. The van der Waals surface area contributed by atoms with Crippen LogP contribution in [0.15, 0.2) is 30.2 Å². The normalized spacial score (nSPS) is 17.9. The van der Waals surface area contributed by atoms with Crippen LogP contribution in [0.25, 0.3) is 0 Å². The molecule has 2 aromatic rings. The summed E-state index contributed by atoms with van der Waals surface area (Å²) < 4.78 is 0.792. The fourth-order valence-electron chi connectivity index (χ4n) is 2.70. The number of aryl methyl sites for hydroxylation is 1. The maximum atomic E-state index is 12.0. The van der Waals surface area contributed by atoms with Crippen molar-refractivity contribution in [2.24, 2.45) is 0 Å². The SMILES string of the molecule is C=CC(=O)N1Cc2sc(Cl)cc2[C@H](c2ccsc2C)C1. The summed E-state index contributed by atoms with van der Waals surface area (Å²) in [5.41, 5.74) is 2.57. The number of amides is 1. The number of nitrogens with zero attached hydrogens (tertiary/aromatic N) is 1. The molecular weight excluding hydrogens is 310 g/mol. The molecule has 5 heteroatoms. The summed E-state index contributed by atoms with van der Waals surface area (Å²) >= 11 is 9.49. The summed E-state index contributed by atoms with van der Waals surface area (Å²) in [4.78, 5) is 16.3. The second kappa shape index (κ2) is 5.35. The molecule has 104 valence electrons. The van der Waals surface area contributed by atoms with Gasteiger partial charge in [-0.2, -0.15) is 0 Å². The van der Waals surface area contributed by atoms with Gasteiger partial charge in [0.1, 0.15) is 0 Å². The molecule has 0 aromatic carbocycles. The van der Waals surface area contributed by atoms with Crippen molar-refractivity contribution in [3.63, 3.8) is 0 Å². The van der Waals surface area contributed by atoms with E-state index in [1.807, 2.05) is 4.90 Å². The highest BCUT2D eigenvalue weighted by atomic mass is 35.5. The standard InChI is InChI=1S/C15H14ClNOS2/c1-3-15(18)17-7-12(10-4-5-19-9(10)2)11-6-14(16)20-13(11)8-17/h3-6,12H,1,7-8H2,2H3/t12-/m0/s1. The van der Waals surface area contributed by atoms with Crippen LogP contribution in [-0.2, 0) is 11.3 Å². The molecule has 3 heterocycles. The van der Waals surface area contributed by atoms with Crippen molar-refractivity contribution in [1.82, 2.24) is 4.90 Å². The van der Waals surface area contributed by atoms with Gasteiger partial charge in [-0.15, -0.1) is 22.7 Å². The van der Waals surface area contributed by atoms with Crippen molar-refractivity contribution in [1.29, 1.82) is 0 Å². The quantitative estimate of drug-likeness (QED) is 0.749. The Hall–Kier alpha value is -1.10. The predicted octanol–water partition coefficient (Wildman–Crippen LogP) is 4.43. The average Bonchev–Trinajstić information content (AvgIpc) is 3.01. The summed E-state index contributed by atoms with van der Waals surface area (Å²) in [6.45, 7) is 7.05. The van der Waals surface area contributed by atoms with Gasteiger partial charge in [0, 0.05) is 22.2 Å². The number of thiophene rings is 2. The molecule has 0 unspecified atom stereocenters. The molecule has 2 nitrogen and oxygen atoms in total. The topological polar surface area (TPSA) is 20.3 Å². The van der Waals surface area contributed by atoms with Crippen molar-refractivity contribution >= 4 is 40.2 Å². The van der Waals surface area contributed by atoms with Crippen molar-refractivity contribution in [2.45, 2.75) is 19.4 Å². The first-order valence-corrected chi connectivity index (χ1v) is 8.41. The van der Waals surface area contributed by atoms with E-state index in [1.165, 1.54) is 27.0 Å². The van der Waals surface area contributed by atoms with Crippen LogP contribution < -0.4 is 0 Å². The van der Waals surface area contributed by atoms with Crippen LogP contribution in [0.3, 0.4) is 0 Å². The smallest absolute Gasteiger partial charge is 0.246 e. The Morgan fingerprint density at radius 3 is 3.00 bits per heavy atom. The fourth-order valence-corrected chi connectivity index (χ4v) is 4.83. The number of fused-ring (bicyclic) bond motifs is 1. The lowest BCUT2D eigenvalue weighted by molar-refractivity contribution is -0.127. The van der Waals surface area contributed by atoms with Crippen LogP contribution in [0.5, 0.6) is 0 Å². The molecule has 0 spiro atoms. The maximum Gasteiger partial charge on any atom is 0.246 e. The van der Waals surface area contributed by atoms with Crippen molar-refractivity contribution in [2.75, 3.05) is 6.54 Å². The summed E-state index contributed by atoms with van der Waals surface area (Å²) in [6, 6.07) is 4.21. The molecule has 0 fully saturated rings. The Balaban J connectivity index is 2.06. The van der Waals surface area contributed by atoms with E-state index in [0.717, 1.165) is 4.34 Å². The van der Waals surface area contributed by atoms with Gasteiger partial charge >= 0.3 is 0 Å². The number of halogens is 1. The predicted molar refractivity (Wildman–Crippen MR) is 85.8 cm³/mol. The molecule has 0 aliphatic carbocycles. The number of carbonyl (C=O) groups is 1. The highest BCUT2D eigenvalue weighted by molar-refractivity contribution is 7.16. The molecule has 0 bridgehead atoms. The minimum absolute atomic E-state index is 0.0157. The Bertz CT molecular complexity index is 673. The van der Waals surface area contributed by atoms with Gasteiger partial charge in [-0.3, -0.25) is 4.79 Å². The molecule has 20 heavy (non-hydrogen) atoms. The Labute approximate surface area is 131 Å². The van der Waals surface area contributed by atoms with Gasteiger partial charge in [0.25, 0.3) is 0 Å². The van der Waals surface area contributed by atoms with Gasteiger partial charge in [-0.1, -0.05) is 18.2 Å². The molecule has 1 aliphatic heterocycles. The van der Waals surface area contributed by atoms with Crippen LogP contribution in [0.2, 0.25) is 4.34 Å². The number of hydrogen-bond donors (Lipinski definition) is 0. The lowest BCUT2D eigenvalue weighted by atomic mass is 9.89.